The first-order valence-corrected chi connectivity index (χ1v) is 8.59. The highest BCUT2D eigenvalue weighted by atomic mass is 16.1. The van der Waals surface area contributed by atoms with Gasteiger partial charge in [0.2, 0.25) is 0 Å². The Balaban J connectivity index is 1.67. The van der Waals surface area contributed by atoms with Gasteiger partial charge in [0.1, 0.15) is 5.82 Å². The quantitative estimate of drug-likeness (QED) is 0.770. The lowest BCUT2D eigenvalue weighted by atomic mass is 10.1. The molecule has 4 heterocycles. The number of aromatic nitrogens is 1. The molecule has 0 radical (unpaired) electrons. The maximum atomic E-state index is 11.8. The van der Waals surface area contributed by atoms with Crippen LogP contribution >= 0.6 is 0 Å². The van der Waals surface area contributed by atoms with Crippen molar-refractivity contribution in [3.63, 3.8) is 0 Å². The number of allylic oxidation sites excluding steroid dienone is 2. The Hall–Kier alpha value is -3.47. The highest BCUT2D eigenvalue weighted by Crippen LogP contribution is 2.34. The normalized spacial score (nSPS) is 16.7. The Labute approximate surface area is 150 Å². The third-order valence-electron chi connectivity index (χ3n) is 4.82. The molecule has 0 unspecified atom stereocenters. The Morgan fingerprint density at radius 3 is 2.54 bits per heavy atom. The molecule has 5 rings (SSSR count). The summed E-state index contributed by atoms with van der Waals surface area (Å²) in [5, 5.41) is 5.26. The molecule has 0 bridgehead atoms. The van der Waals surface area contributed by atoms with Crippen molar-refractivity contribution in [1.29, 1.82) is 0 Å². The summed E-state index contributed by atoms with van der Waals surface area (Å²) in [6.07, 6.45) is 10.5. The van der Waals surface area contributed by atoms with Crippen LogP contribution < -0.4 is 26.2 Å². The third kappa shape index (κ3) is 2.37. The molecule has 3 aliphatic rings. The largest absolute Gasteiger partial charge is 0.368 e. The summed E-state index contributed by atoms with van der Waals surface area (Å²) in [7, 11) is 0. The molecule has 0 saturated carbocycles. The minimum Gasteiger partial charge on any atom is -0.368 e. The second-order valence-electron chi connectivity index (χ2n) is 6.38. The van der Waals surface area contributed by atoms with E-state index < -0.39 is 0 Å². The molecule has 0 amide bonds. The molecule has 5 heteroatoms. The van der Waals surface area contributed by atoms with Crippen LogP contribution in [0, 0.1) is 0 Å². The molecule has 1 aromatic carbocycles. The zero-order valence-corrected chi connectivity index (χ0v) is 14.0. The van der Waals surface area contributed by atoms with Crippen LogP contribution in [0.15, 0.2) is 70.7 Å². The number of nitrogens with zero attached hydrogens (tertiary/aromatic N) is 3. The number of rotatable bonds is 0. The second-order valence-corrected chi connectivity index (χ2v) is 6.38. The summed E-state index contributed by atoms with van der Waals surface area (Å²) >= 11 is 0. The van der Waals surface area contributed by atoms with Gasteiger partial charge in [-0.2, -0.15) is 0 Å². The van der Waals surface area contributed by atoms with Gasteiger partial charge >= 0.3 is 0 Å². The second kappa shape index (κ2) is 5.81. The zero-order chi connectivity index (χ0) is 17.5. The summed E-state index contributed by atoms with van der Waals surface area (Å²) in [6, 6.07) is 11.7. The number of nitrogens with one attached hydrogen (secondary N) is 1. The van der Waals surface area contributed by atoms with E-state index in [0.29, 0.717) is 0 Å². The van der Waals surface area contributed by atoms with Crippen LogP contribution in [0.3, 0.4) is 0 Å². The van der Waals surface area contributed by atoms with Gasteiger partial charge in [-0.1, -0.05) is 24.3 Å². The minimum absolute atomic E-state index is 0.198. The van der Waals surface area contributed by atoms with Crippen molar-refractivity contribution in [3.8, 4) is 0 Å². The van der Waals surface area contributed by atoms with E-state index in [4.69, 9.17) is 0 Å². The Morgan fingerprint density at radius 2 is 1.73 bits per heavy atom. The Kier molecular flexibility index (Phi) is 3.31. The van der Waals surface area contributed by atoms with Crippen LogP contribution in [-0.2, 0) is 6.42 Å². The van der Waals surface area contributed by atoms with Crippen LogP contribution in [-0.4, -0.2) is 17.7 Å². The number of aliphatic imine (C=N–C) groups is 1. The average molecular weight is 340 g/mol. The lowest BCUT2D eigenvalue weighted by Crippen LogP contribution is -2.27. The molecular formula is C21H16N4O. The predicted molar refractivity (Wildman–Crippen MR) is 103 cm³/mol. The van der Waals surface area contributed by atoms with Gasteiger partial charge in [0.25, 0.3) is 5.56 Å². The maximum absolute atomic E-state index is 11.8. The van der Waals surface area contributed by atoms with Gasteiger partial charge < -0.3 is 10.2 Å². The summed E-state index contributed by atoms with van der Waals surface area (Å²) in [4.78, 5) is 22.8. The number of anilines is 1. The lowest BCUT2D eigenvalue weighted by Gasteiger charge is -2.24. The summed E-state index contributed by atoms with van der Waals surface area (Å²) in [5.74, 6) is 0.907. The van der Waals surface area contributed by atoms with E-state index in [9.17, 15) is 4.79 Å². The van der Waals surface area contributed by atoms with Crippen molar-refractivity contribution < 1.29 is 0 Å². The molecule has 1 N–H and O–H groups in total. The highest BCUT2D eigenvalue weighted by molar-refractivity contribution is 5.98. The molecule has 0 fully saturated rings. The summed E-state index contributed by atoms with van der Waals surface area (Å²) < 4.78 is 0. The van der Waals surface area contributed by atoms with Gasteiger partial charge in [0.15, 0.2) is 0 Å². The molecule has 2 aromatic rings. The van der Waals surface area contributed by atoms with E-state index >= 15 is 0 Å². The molecule has 3 aliphatic heterocycles. The van der Waals surface area contributed by atoms with Crippen LogP contribution in [0.1, 0.15) is 11.3 Å². The molecule has 0 saturated heterocycles. The van der Waals surface area contributed by atoms with Crippen LogP contribution in [0.2, 0.25) is 0 Å². The smallest absolute Gasteiger partial charge is 0.270 e. The van der Waals surface area contributed by atoms with E-state index in [2.05, 4.69) is 56.6 Å². The molecule has 5 nitrogen and oxygen atoms in total. The first-order chi connectivity index (χ1) is 12.8. The van der Waals surface area contributed by atoms with Crippen LogP contribution in [0.25, 0.3) is 11.4 Å². The van der Waals surface area contributed by atoms with Gasteiger partial charge in [-0.05, 0) is 29.0 Å². The fourth-order valence-corrected chi connectivity index (χ4v) is 3.58. The average Bonchev–Trinajstić information content (AvgIpc) is 3.03. The van der Waals surface area contributed by atoms with Crippen molar-refractivity contribution in [2.75, 3.05) is 11.4 Å². The van der Waals surface area contributed by atoms with E-state index in [1.54, 1.807) is 0 Å². The molecule has 26 heavy (non-hydrogen) atoms. The summed E-state index contributed by atoms with van der Waals surface area (Å²) in [6.45, 7) is 0.793. The van der Waals surface area contributed by atoms with E-state index in [-0.39, 0.29) is 5.56 Å². The molecule has 0 atom stereocenters. The van der Waals surface area contributed by atoms with Crippen LogP contribution in [0.4, 0.5) is 5.69 Å². The standard InChI is InChI=1S/C21H16N4O/c26-19-6-5-17-13-23-21(25-12-9-18(24-19)20(17)25)16-3-1-14(2-4-16)15-7-10-22-11-8-15/h1-8,10-11,13,22H,9,12H2. The number of benzene rings is 1. The number of hydrogen-bond donors (Lipinski definition) is 1. The van der Waals surface area contributed by atoms with Gasteiger partial charge in [0, 0.05) is 48.4 Å². The van der Waals surface area contributed by atoms with Gasteiger partial charge in [0.05, 0.1) is 11.4 Å². The Bertz CT molecular complexity index is 1150. The SMILES string of the molecule is O=c1ccc2c3c(n1)CCN3C(=c1ccc(=C3C=CNC=C3)cc1)N=C2. The monoisotopic (exact) mass is 340 g/mol. The van der Waals surface area contributed by atoms with E-state index in [0.717, 1.165) is 46.2 Å². The van der Waals surface area contributed by atoms with Crippen molar-refractivity contribution in [3.05, 3.63) is 93.0 Å². The highest BCUT2D eigenvalue weighted by Gasteiger charge is 2.28. The van der Waals surface area contributed by atoms with Crippen molar-refractivity contribution in [2.45, 2.75) is 6.42 Å². The Morgan fingerprint density at radius 1 is 0.962 bits per heavy atom. The number of dihydropyridines is 1. The minimum atomic E-state index is -0.198. The predicted octanol–water partition coefficient (Wildman–Crippen LogP) is 0.784. The summed E-state index contributed by atoms with van der Waals surface area (Å²) in [5.41, 5.74) is 3.79. The fraction of sp³-hybridized carbons (Fsp3) is 0.0952. The van der Waals surface area contributed by atoms with Gasteiger partial charge in [-0.3, -0.25) is 4.79 Å². The van der Waals surface area contributed by atoms with Crippen molar-refractivity contribution >= 4 is 23.3 Å². The molecule has 1 aromatic heterocycles. The lowest BCUT2D eigenvalue weighted by molar-refractivity contribution is 0.960. The van der Waals surface area contributed by atoms with Crippen molar-refractivity contribution in [2.24, 2.45) is 4.99 Å². The van der Waals surface area contributed by atoms with E-state index in [1.165, 1.54) is 11.6 Å². The fourth-order valence-electron chi connectivity index (χ4n) is 3.58. The maximum Gasteiger partial charge on any atom is 0.270 e. The molecule has 0 spiro atoms. The van der Waals surface area contributed by atoms with Crippen molar-refractivity contribution in [1.82, 2.24) is 10.3 Å². The first kappa shape index (κ1) is 14.8. The van der Waals surface area contributed by atoms with E-state index in [1.807, 2.05) is 24.7 Å². The molecule has 0 aliphatic carbocycles. The third-order valence-corrected chi connectivity index (χ3v) is 4.82. The zero-order valence-electron chi connectivity index (χ0n) is 14.0. The van der Waals surface area contributed by atoms with Gasteiger partial charge in [-0.15, -0.1) is 0 Å². The van der Waals surface area contributed by atoms with Gasteiger partial charge in [-0.25, -0.2) is 9.98 Å². The van der Waals surface area contributed by atoms with Crippen LogP contribution in [0.5, 0.6) is 0 Å². The molecular weight excluding hydrogens is 324 g/mol. The molecule has 126 valence electrons. The number of hydrogen-bond acceptors (Lipinski definition) is 5. The topological polar surface area (TPSA) is 57.6 Å². The first-order valence-electron chi connectivity index (χ1n) is 8.59.